The Morgan fingerprint density at radius 1 is 0.964 bits per heavy atom. The lowest BCUT2D eigenvalue weighted by Gasteiger charge is -2.12. The van der Waals surface area contributed by atoms with Crippen molar-refractivity contribution < 1.29 is 14.3 Å². The molecular formula is C20H19ClN4O3. The Labute approximate surface area is 167 Å². The number of anilines is 3. The number of carbonyl (C=O) groups is 1. The van der Waals surface area contributed by atoms with Gasteiger partial charge in [-0.15, -0.1) is 10.2 Å². The molecule has 0 radical (unpaired) electrons. The molecule has 0 unspecified atom stereocenters. The number of aryl methyl sites for hydroxylation is 1. The molecule has 0 atom stereocenters. The third-order valence-corrected chi connectivity index (χ3v) is 4.25. The highest BCUT2D eigenvalue weighted by Crippen LogP contribution is 2.29. The first kappa shape index (κ1) is 19.4. The lowest BCUT2D eigenvalue weighted by molar-refractivity contribution is 0.102. The van der Waals surface area contributed by atoms with Crippen LogP contribution in [0, 0.1) is 6.92 Å². The van der Waals surface area contributed by atoms with Crippen molar-refractivity contribution in [1.82, 2.24) is 10.2 Å². The van der Waals surface area contributed by atoms with Crippen LogP contribution in [0.4, 0.5) is 17.2 Å². The highest BCUT2D eigenvalue weighted by Gasteiger charge is 2.13. The molecule has 0 saturated carbocycles. The van der Waals surface area contributed by atoms with E-state index in [4.69, 9.17) is 21.1 Å². The minimum Gasteiger partial charge on any atom is -0.497 e. The van der Waals surface area contributed by atoms with Crippen LogP contribution in [-0.4, -0.2) is 30.3 Å². The predicted octanol–water partition coefficient (Wildman–Crippen LogP) is 4.45. The molecule has 3 rings (SSSR count). The smallest absolute Gasteiger partial charge is 0.276 e. The van der Waals surface area contributed by atoms with E-state index in [0.717, 1.165) is 11.3 Å². The minimum absolute atomic E-state index is 0.165. The van der Waals surface area contributed by atoms with Crippen LogP contribution in [0.15, 0.2) is 48.5 Å². The molecular weight excluding hydrogens is 380 g/mol. The van der Waals surface area contributed by atoms with Crippen molar-refractivity contribution in [3.63, 3.8) is 0 Å². The zero-order chi connectivity index (χ0) is 20.1. The fraction of sp³-hybridized carbons (Fsp3) is 0.150. The Bertz CT molecular complexity index is 993. The van der Waals surface area contributed by atoms with E-state index in [2.05, 4.69) is 20.8 Å². The summed E-state index contributed by atoms with van der Waals surface area (Å²) in [5, 5.41) is 14.6. The Morgan fingerprint density at radius 2 is 1.79 bits per heavy atom. The molecule has 0 aliphatic carbocycles. The molecule has 0 aliphatic heterocycles. The van der Waals surface area contributed by atoms with Gasteiger partial charge in [-0.1, -0.05) is 17.7 Å². The van der Waals surface area contributed by atoms with E-state index in [1.807, 2.05) is 19.1 Å². The van der Waals surface area contributed by atoms with Gasteiger partial charge in [-0.25, -0.2) is 0 Å². The van der Waals surface area contributed by atoms with Crippen molar-refractivity contribution in [2.24, 2.45) is 0 Å². The maximum Gasteiger partial charge on any atom is 0.276 e. The second-order valence-corrected chi connectivity index (χ2v) is 6.34. The maximum absolute atomic E-state index is 12.5. The van der Waals surface area contributed by atoms with Gasteiger partial charge in [-0.2, -0.15) is 0 Å². The number of nitrogens with one attached hydrogen (secondary N) is 2. The van der Waals surface area contributed by atoms with E-state index in [9.17, 15) is 4.79 Å². The van der Waals surface area contributed by atoms with E-state index in [0.29, 0.717) is 28.0 Å². The number of halogens is 1. The number of benzene rings is 2. The largest absolute Gasteiger partial charge is 0.497 e. The fourth-order valence-corrected chi connectivity index (χ4v) is 2.66. The van der Waals surface area contributed by atoms with Crippen molar-refractivity contribution in [2.45, 2.75) is 6.92 Å². The van der Waals surface area contributed by atoms with Crippen LogP contribution in [-0.2, 0) is 0 Å². The molecule has 1 amide bonds. The van der Waals surface area contributed by atoms with Crippen molar-refractivity contribution in [2.75, 3.05) is 24.9 Å². The third kappa shape index (κ3) is 4.50. The average Bonchev–Trinajstić information content (AvgIpc) is 2.71. The van der Waals surface area contributed by atoms with Crippen LogP contribution in [0.25, 0.3) is 0 Å². The molecule has 0 aliphatic rings. The molecule has 144 valence electrons. The zero-order valence-corrected chi connectivity index (χ0v) is 16.4. The van der Waals surface area contributed by atoms with Gasteiger partial charge in [0.25, 0.3) is 5.91 Å². The summed E-state index contributed by atoms with van der Waals surface area (Å²) in [6.45, 7) is 1.95. The molecule has 1 heterocycles. The molecule has 8 heteroatoms. The summed E-state index contributed by atoms with van der Waals surface area (Å²) < 4.78 is 10.4. The van der Waals surface area contributed by atoms with Crippen LogP contribution in [0.3, 0.4) is 0 Å². The first-order valence-corrected chi connectivity index (χ1v) is 8.78. The van der Waals surface area contributed by atoms with Crippen molar-refractivity contribution >= 4 is 34.7 Å². The van der Waals surface area contributed by atoms with Crippen LogP contribution in [0.5, 0.6) is 11.5 Å². The molecule has 28 heavy (non-hydrogen) atoms. The van der Waals surface area contributed by atoms with E-state index >= 15 is 0 Å². The van der Waals surface area contributed by atoms with Crippen LogP contribution in [0.1, 0.15) is 16.1 Å². The predicted molar refractivity (Wildman–Crippen MR) is 109 cm³/mol. The van der Waals surface area contributed by atoms with E-state index in [1.54, 1.807) is 43.5 Å². The Kier molecular flexibility index (Phi) is 5.96. The second kappa shape index (κ2) is 8.58. The summed E-state index contributed by atoms with van der Waals surface area (Å²) in [5.74, 6) is 1.20. The number of rotatable bonds is 6. The summed E-state index contributed by atoms with van der Waals surface area (Å²) in [6, 6.07) is 13.9. The van der Waals surface area contributed by atoms with Crippen LogP contribution >= 0.6 is 11.6 Å². The molecule has 2 N–H and O–H groups in total. The molecule has 0 bridgehead atoms. The van der Waals surface area contributed by atoms with Gasteiger partial charge in [0.15, 0.2) is 11.5 Å². The highest BCUT2D eigenvalue weighted by molar-refractivity contribution is 6.30. The van der Waals surface area contributed by atoms with Gasteiger partial charge < -0.3 is 20.1 Å². The average molecular weight is 399 g/mol. The number of amides is 1. The number of carbonyl (C=O) groups excluding carboxylic acids is 1. The molecule has 0 fully saturated rings. The minimum atomic E-state index is -0.412. The van der Waals surface area contributed by atoms with Gasteiger partial charge in [0.2, 0.25) is 0 Å². The topological polar surface area (TPSA) is 85.4 Å². The van der Waals surface area contributed by atoms with Crippen molar-refractivity contribution in [3.05, 3.63) is 64.8 Å². The molecule has 0 saturated heterocycles. The number of hydrogen-bond donors (Lipinski definition) is 2. The summed E-state index contributed by atoms with van der Waals surface area (Å²) >= 11 is 6.03. The Balaban J connectivity index is 1.74. The molecule has 7 nitrogen and oxygen atoms in total. The van der Waals surface area contributed by atoms with E-state index in [1.165, 1.54) is 7.11 Å². The number of ether oxygens (including phenoxy) is 2. The van der Waals surface area contributed by atoms with Crippen molar-refractivity contribution in [1.29, 1.82) is 0 Å². The Hall–Kier alpha value is -3.32. The third-order valence-electron chi connectivity index (χ3n) is 4.01. The van der Waals surface area contributed by atoms with Gasteiger partial charge in [-0.05, 0) is 48.9 Å². The second-order valence-electron chi connectivity index (χ2n) is 5.91. The normalized spacial score (nSPS) is 10.3. The molecule has 2 aromatic carbocycles. The number of hydrogen-bond acceptors (Lipinski definition) is 6. The SMILES string of the molecule is COc1ccc(OC)c(NC(=O)c2ccc(Nc3cc(Cl)ccc3C)nn2)c1. The molecule has 1 aromatic heterocycles. The molecule has 3 aromatic rings. The molecule has 0 spiro atoms. The zero-order valence-electron chi connectivity index (χ0n) is 15.6. The van der Waals surface area contributed by atoms with Crippen LogP contribution in [0.2, 0.25) is 5.02 Å². The summed E-state index contributed by atoms with van der Waals surface area (Å²) in [7, 11) is 3.07. The van der Waals surface area contributed by atoms with E-state index in [-0.39, 0.29) is 5.69 Å². The quantitative estimate of drug-likeness (QED) is 0.638. The van der Waals surface area contributed by atoms with Gasteiger partial charge in [0.05, 0.1) is 19.9 Å². The maximum atomic E-state index is 12.5. The summed E-state index contributed by atoms with van der Waals surface area (Å²) in [4.78, 5) is 12.5. The summed E-state index contributed by atoms with van der Waals surface area (Å²) in [6.07, 6.45) is 0. The van der Waals surface area contributed by atoms with E-state index < -0.39 is 5.91 Å². The first-order chi connectivity index (χ1) is 13.5. The first-order valence-electron chi connectivity index (χ1n) is 8.40. The van der Waals surface area contributed by atoms with Gasteiger partial charge in [0, 0.05) is 16.8 Å². The van der Waals surface area contributed by atoms with Crippen LogP contribution < -0.4 is 20.1 Å². The number of nitrogens with zero attached hydrogens (tertiary/aromatic N) is 2. The number of aromatic nitrogens is 2. The standard InChI is InChI=1S/C20H19ClN4O3/c1-12-4-5-13(21)10-16(12)22-19-9-7-15(24-25-19)20(26)23-17-11-14(27-2)6-8-18(17)28-3/h4-11H,1-3H3,(H,22,25)(H,23,26). The lowest BCUT2D eigenvalue weighted by atomic mass is 10.2. The van der Waals surface area contributed by atoms with Crippen molar-refractivity contribution in [3.8, 4) is 11.5 Å². The highest BCUT2D eigenvalue weighted by atomic mass is 35.5. The Morgan fingerprint density at radius 3 is 2.46 bits per heavy atom. The van der Waals surface area contributed by atoms with Gasteiger partial charge >= 0.3 is 0 Å². The monoisotopic (exact) mass is 398 g/mol. The van der Waals surface area contributed by atoms with Gasteiger partial charge in [0.1, 0.15) is 11.5 Å². The number of methoxy groups -OCH3 is 2. The fourth-order valence-electron chi connectivity index (χ4n) is 2.49. The lowest BCUT2D eigenvalue weighted by Crippen LogP contribution is -2.15. The summed E-state index contributed by atoms with van der Waals surface area (Å²) in [5.41, 5.74) is 2.47. The van der Waals surface area contributed by atoms with Gasteiger partial charge in [-0.3, -0.25) is 4.79 Å².